The molecule has 30 heavy (non-hydrogen) atoms. The summed E-state index contributed by atoms with van der Waals surface area (Å²) in [4.78, 5) is 39.8. The van der Waals surface area contributed by atoms with Crippen molar-refractivity contribution >= 4 is 29.3 Å². The van der Waals surface area contributed by atoms with Gasteiger partial charge < -0.3 is 10.1 Å². The maximum Gasteiger partial charge on any atom is 0.269 e. The second-order valence-electron chi connectivity index (χ2n) is 6.00. The van der Waals surface area contributed by atoms with Crippen LogP contribution in [0.4, 0.5) is 0 Å². The molecular weight excluding hydrogens is 408 g/mol. The molecule has 0 radical (unpaired) electrons. The van der Waals surface area contributed by atoms with Gasteiger partial charge in [0.05, 0.1) is 0 Å². The predicted molar refractivity (Wildman–Crippen MR) is 111 cm³/mol. The van der Waals surface area contributed by atoms with Gasteiger partial charge in [-0.2, -0.15) is 0 Å². The summed E-state index contributed by atoms with van der Waals surface area (Å²) in [7, 11) is 1.51. The Morgan fingerprint density at radius 3 is 1.93 bits per heavy atom. The summed E-state index contributed by atoms with van der Waals surface area (Å²) in [6.07, 6.45) is 1.46. The van der Waals surface area contributed by atoms with Gasteiger partial charge >= 0.3 is 0 Å². The van der Waals surface area contributed by atoms with Crippen molar-refractivity contribution in [1.82, 2.24) is 21.2 Å². The molecule has 1 heterocycles. The maximum atomic E-state index is 12.2. The van der Waals surface area contributed by atoms with Crippen LogP contribution in [0.3, 0.4) is 0 Å². The molecule has 0 bridgehead atoms. The Kier molecular flexibility index (Phi) is 6.61. The number of carbonyl (C=O) groups excluding carboxylic acids is 3. The first-order valence-electron chi connectivity index (χ1n) is 8.78. The zero-order chi connectivity index (χ0) is 21.5. The molecule has 8 nitrogen and oxygen atoms in total. The van der Waals surface area contributed by atoms with Gasteiger partial charge in [0.1, 0.15) is 17.2 Å². The van der Waals surface area contributed by atoms with E-state index in [9.17, 15) is 14.4 Å². The van der Waals surface area contributed by atoms with Crippen molar-refractivity contribution < 1.29 is 19.1 Å². The van der Waals surface area contributed by atoms with Crippen LogP contribution in [0.25, 0.3) is 0 Å². The topological polar surface area (TPSA) is 109 Å². The van der Waals surface area contributed by atoms with E-state index in [-0.39, 0.29) is 11.6 Å². The number of aromatic nitrogens is 1. The molecule has 0 saturated heterocycles. The van der Waals surface area contributed by atoms with Crippen molar-refractivity contribution in [2.75, 3.05) is 7.05 Å². The van der Waals surface area contributed by atoms with Crippen LogP contribution in [0.5, 0.6) is 11.5 Å². The van der Waals surface area contributed by atoms with Gasteiger partial charge in [0.25, 0.3) is 17.7 Å². The van der Waals surface area contributed by atoms with E-state index in [1.165, 1.54) is 19.3 Å². The molecule has 3 amide bonds. The summed E-state index contributed by atoms with van der Waals surface area (Å²) in [5.74, 6) is -0.394. The zero-order valence-electron chi connectivity index (χ0n) is 15.8. The number of benzene rings is 2. The van der Waals surface area contributed by atoms with E-state index in [1.54, 1.807) is 54.6 Å². The smallest absolute Gasteiger partial charge is 0.269 e. The fraction of sp³-hybridized carbons (Fsp3) is 0.0476. The Morgan fingerprint density at radius 1 is 0.800 bits per heavy atom. The van der Waals surface area contributed by atoms with Crippen LogP contribution in [0.15, 0.2) is 66.9 Å². The number of rotatable bonds is 5. The van der Waals surface area contributed by atoms with Gasteiger partial charge in [-0.05, 0) is 54.6 Å². The van der Waals surface area contributed by atoms with Crippen LogP contribution in [0.2, 0.25) is 5.02 Å². The molecule has 152 valence electrons. The Bertz CT molecular complexity index is 1070. The lowest BCUT2D eigenvalue weighted by atomic mass is 10.2. The summed E-state index contributed by atoms with van der Waals surface area (Å²) in [5, 5.41) is 3.00. The minimum Gasteiger partial charge on any atom is -0.457 e. The van der Waals surface area contributed by atoms with E-state index in [0.717, 1.165) is 0 Å². The van der Waals surface area contributed by atoms with Gasteiger partial charge in [-0.1, -0.05) is 11.6 Å². The minimum atomic E-state index is -0.491. The highest BCUT2D eigenvalue weighted by molar-refractivity contribution is 6.30. The van der Waals surface area contributed by atoms with E-state index in [1.807, 2.05) is 0 Å². The third-order valence-electron chi connectivity index (χ3n) is 3.94. The predicted octanol–water partition coefficient (Wildman–Crippen LogP) is 2.96. The normalized spacial score (nSPS) is 10.1. The van der Waals surface area contributed by atoms with Gasteiger partial charge in [-0.3, -0.25) is 30.2 Å². The summed E-state index contributed by atoms with van der Waals surface area (Å²) >= 11 is 5.78. The van der Waals surface area contributed by atoms with Crippen molar-refractivity contribution in [3.63, 3.8) is 0 Å². The third-order valence-corrected chi connectivity index (χ3v) is 4.19. The molecule has 0 aliphatic carbocycles. The maximum absolute atomic E-state index is 12.2. The van der Waals surface area contributed by atoms with Crippen molar-refractivity contribution in [2.24, 2.45) is 0 Å². The Labute approximate surface area is 177 Å². The Balaban J connectivity index is 1.58. The molecule has 0 saturated carbocycles. The van der Waals surface area contributed by atoms with Crippen LogP contribution in [-0.2, 0) is 0 Å². The quantitative estimate of drug-likeness (QED) is 0.545. The molecule has 0 aliphatic rings. The number of carbonyl (C=O) groups is 3. The van der Waals surface area contributed by atoms with Crippen molar-refractivity contribution in [1.29, 1.82) is 0 Å². The number of pyridine rings is 1. The lowest BCUT2D eigenvalue weighted by molar-refractivity contribution is 0.0846. The number of hydrogen-bond acceptors (Lipinski definition) is 5. The molecule has 9 heteroatoms. The number of hydrogen-bond donors (Lipinski definition) is 3. The first-order valence-corrected chi connectivity index (χ1v) is 9.16. The number of hydrazine groups is 1. The lowest BCUT2D eigenvalue weighted by Crippen LogP contribution is -2.41. The molecule has 0 aliphatic heterocycles. The van der Waals surface area contributed by atoms with E-state index < -0.39 is 11.8 Å². The van der Waals surface area contributed by atoms with Crippen LogP contribution >= 0.6 is 11.6 Å². The monoisotopic (exact) mass is 424 g/mol. The number of nitrogens with one attached hydrogen (secondary N) is 3. The van der Waals surface area contributed by atoms with Crippen LogP contribution < -0.4 is 20.9 Å². The molecule has 0 fully saturated rings. The standard InChI is InChI=1S/C21H17ClN4O4/c1-23-21(29)18-12-17(10-11-24-18)30-16-8-4-14(5-9-16)20(28)26-25-19(27)13-2-6-15(22)7-3-13/h2-12H,1H3,(H,23,29)(H,25,27)(H,26,28). The van der Waals surface area contributed by atoms with Gasteiger partial charge in [0, 0.05) is 35.5 Å². The largest absolute Gasteiger partial charge is 0.457 e. The molecule has 0 spiro atoms. The van der Waals surface area contributed by atoms with Crippen LogP contribution in [0, 0.1) is 0 Å². The molecular formula is C21H17ClN4O4. The molecule has 3 aromatic rings. The highest BCUT2D eigenvalue weighted by atomic mass is 35.5. The first-order chi connectivity index (χ1) is 14.5. The van der Waals surface area contributed by atoms with Crippen molar-refractivity contribution in [3.05, 3.63) is 88.7 Å². The average molecular weight is 425 g/mol. The first kappa shape index (κ1) is 20.8. The second kappa shape index (κ2) is 9.53. The number of ether oxygens (including phenoxy) is 1. The molecule has 0 unspecified atom stereocenters. The highest BCUT2D eigenvalue weighted by Crippen LogP contribution is 2.22. The van der Waals surface area contributed by atoms with Gasteiger partial charge in [0.15, 0.2) is 0 Å². The van der Waals surface area contributed by atoms with Gasteiger partial charge in [-0.25, -0.2) is 0 Å². The molecule has 1 aromatic heterocycles. The Hall–Kier alpha value is -3.91. The molecule has 3 rings (SSSR count). The third kappa shape index (κ3) is 5.33. The number of nitrogens with zero attached hydrogens (tertiary/aromatic N) is 1. The summed E-state index contributed by atoms with van der Waals surface area (Å²) < 4.78 is 5.68. The minimum absolute atomic E-state index is 0.224. The van der Waals surface area contributed by atoms with Crippen molar-refractivity contribution in [2.45, 2.75) is 0 Å². The Morgan fingerprint density at radius 2 is 1.37 bits per heavy atom. The molecule has 2 aromatic carbocycles. The van der Waals surface area contributed by atoms with E-state index in [0.29, 0.717) is 27.6 Å². The fourth-order valence-electron chi connectivity index (χ4n) is 2.40. The average Bonchev–Trinajstić information content (AvgIpc) is 2.78. The van der Waals surface area contributed by atoms with Gasteiger partial charge in [-0.15, -0.1) is 0 Å². The van der Waals surface area contributed by atoms with E-state index >= 15 is 0 Å². The highest BCUT2D eigenvalue weighted by Gasteiger charge is 2.10. The number of halogens is 1. The second-order valence-corrected chi connectivity index (χ2v) is 6.43. The lowest BCUT2D eigenvalue weighted by Gasteiger charge is -2.09. The van der Waals surface area contributed by atoms with Gasteiger partial charge in [0.2, 0.25) is 0 Å². The van der Waals surface area contributed by atoms with E-state index in [2.05, 4.69) is 21.2 Å². The zero-order valence-corrected chi connectivity index (χ0v) is 16.6. The molecule has 3 N–H and O–H groups in total. The summed E-state index contributed by atoms with van der Waals surface area (Å²) in [6.45, 7) is 0. The summed E-state index contributed by atoms with van der Waals surface area (Å²) in [6, 6.07) is 15.6. The fourth-order valence-corrected chi connectivity index (χ4v) is 2.52. The van der Waals surface area contributed by atoms with Crippen LogP contribution in [0.1, 0.15) is 31.2 Å². The number of amides is 3. The summed E-state index contributed by atoms with van der Waals surface area (Å²) in [5.41, 5.74) is 5.58. The SMILES string of the molecule is CNC(=O)c1cc(Oc2ccc(C(=O)NNC(=O)c3ccc(Cl)cc3)cc2)ccn1. The molecule has 0 atom stereocenters. The van der Waals surface area contributed by atoms with Crippen LogP contribution in [-0.4, -0.2) is 29.8 Å². The van der Waals surface area contributed by atoms with Crippen molar-refractivity contribution in [3.8, 4) is 11.5 Å². The van der Waals surface area contributed by atoms with E-state index in [4.69, 9.17) is 16.3 Å².